The Hall–Kier alpha value is -2.77. The molecule has 0 unspecified atom stereocenters. The van der Waals surface area contributed by atoms with Crippen LogP contribution in [-0.4, -0.2) is 15.5 Å². The minimum Gasteiger partial charge on any atom is -0.350 e. The lowest BCUT2D eigenvalue weighted by molar-refractivity contribution is -0.121. The maximum Gasteiger partial charge on any atom is 0.271 e. The third-order valence-electron chi connectivity index (χ3n) is 4.14. The molecule has 4 aromatic rings. The summed E-state index contributed by atoms with van der Waals surface area (Å²) in [6, 6.07) is 11.9. The van der Waals surface area contributed by atoms with Gasteiger partial charge in [0, 0.05) is 16.6 Å². The molecule has 4 rings (SSSR count). The van der Waals surface area contributed by atoms with Crippen LogP contribution in [0.1, 0.15) is 5.56 Å². The first kappa shape index (κ1) is 17.6. The van der Waals surface area contributed by atoms with Crippen LogP contribution in [0.3, 0.4) is 0 Å². The van der Waals surface area contributed by atoms with Gasteiger partial charge in [-0.25, -0.2) is 9.37 Å². The quantitative estimate of drug-likeness (QED) is 0.567. The molecule has 0 spiro atoms. The number of halogens is 2. The molecule has 1 N–H and O–H groups in total. The molecule has 2 heterocycles. The molecule has 1 amide bonds. The fraction of sp³-hybridized carbons (Fsp3) is 0.105. The van der Waals surface area contributed by atoms with Crippen LogP contribution in [0.2, 0.25) is 5.02 Å². The SMILES string of the molecule is O=C(Cn1cnc2c(sc3ccccc32)c1=O)NCc1ccc(F)c(Cl)c1. The molecular formula is C19H13ClFN3O2S. The Labute approximate surface area is 162 Å². The van der Waals surface area contributed by atoms with E-state index in [0.29, 0.717) is 15.8 Å². The number of amides is 1. The van der Waals surface area contributed by atoms with Gasteiger partial charge in [0.15, 0.2) is 0 Å². The minimum absolute atomic E-state index is 0.00242. The van der Waals surface area contributed by atoms with Gasteiger partial charge in [0.25, 0.3) is 5.56 Å². The second kappa shape index (κ2) is 7.09. The average Bonchev–Trinajstić information content (AvgIpc) is 3.04. The van der Waals surface area contributed by atoms with Crippen LogP contribution < -0.4 is 10.9 Å². The van der Waals surface area contributed by atoms with E-state index in [1.807, 2.05) is 24.3 Å². The van der Waals surface area contributed by atoms with Gasteiger partial charge in [-0.1, -0.05) is 35.9 Å². The molecule has 0 aliphatic heterocycles. The summed E-state index contributed by atoms with van der Waals surface area (Å²) in [5.41, 5.74) is 1.07. The van der Waals surface area contributed by atoms with Crippen LogP contribution in [0, 0.1) is 5.82 Å². The maximum absolute atomic E-state index is 13.2. The van der Waals surface area contributed by atoms with Crippen molar-refractivity contribution in [1.82, 2.24) is 14.9 Å². The number of aromatic nitrogens is 2. The van der Waals surface area contributed by atoms with Crippen LogP contribution >= 0.6 is 22.9 Å². The molecular weight excluding hydrogens is 389 g/mol. The van der Waals surface area contributed by atoms with Crippen molar-refractivity contribution in [3.05, 3.63) is 75.5 Å². The number of rotatable bonds is 4. The molecule has 136 valence electrons. The van der Waals surface area contributed by atoms with Crippen molar-refractivity contribution in [2.24, 2.45) is 0 Å². The van der Waals surface area contributed by atoms with E-state index in [1.165, 1.54) is 34.4 Å². The third kappa shape index (κ3) is 3.43. The number of fused-ring (bicyclic) bond motifs is 3. The lowest BCUT2D eigenvalue weighted by atomic mass is 10.2. The van der Waals surface area contributed by atoms with E-state index in [0.717, 1.165) is 10.1 Å². The van der Waals surface area contributed by atoms with Crippen LogP contribution in [0.5, 0.6) is 0 Å². The summed E-state index contributed by atoms with van der Waals surface area (Å²) in [6.07, 6.45) is 1.39. The normalized spacial score (nSPS) is 11.2. The Balaban J connectivity index is 1.53. The number of hydrogen-bond donors (Lipinski definition) is 1. The van der Waals surface area contributed by atoms with Crippen molar-refractivity contribution >= 4 is 49.1 Å². The summed E-state index contributed by atoms with van der Waals surface area (Å²) < 4.78 is 16.0. The zero-order chi connectivity index (χ0) is 19.0. The molecule has 27 heavy (non-hydrogen) atoms. The highest BCUT2D eigenvalue weighted by Crippen LogP contribution is 2.29. The molecule has 2 aromatic heterocycles. The van der Waals surface area contributed by atoms with Gasteiger partial charge in [-0.3, -0.25) is 14.2 Å². The van der Waals surface area contributed by atoms with Crippen molar-refractivity contribution in [2.45, 2.75) is 13.1 Å². The van der Waals surface area contributed by atoms with Crippen molar-refractivity contribution in [3.63, 3.8) is 0 Å². The second-order valence-electron chi connectivity index (χ2n) is 5.98. The van der Waals surface area contributed by atoms with E-state index in [9.17, 15) is 14.0 Å². The van der Waals surface area contributed by atoms with Gasteiger partial charge < -0.3 is 5.32 Å². The first-order chi connectivity index (χ1) is 13.0. The van der Waals surface area contributed by atoms with E-state index in [4.69, 9.17) is 11.6 Å². The van der Waals surface area contributed by atoms with Gasteiger partial charge in [0.1, 0.15) is 17.1 Å². The smallest absolute Gasteiger partial charge is 0.271 e. The van der Waals surface area contributed by atoms with Crippen molar-refractivity contribution in [1.29, 1.82) is 0 Å². The summed E-state index contributed by atoms with van der Waals surface area (Å²) in [7, 11) is 0. The van der Waals surface area contributed by atoms with Crippen LogP contribution in [0.25, 0.3) is 20.3 Å². The van der Waals surface area contributed by atoms with Crippen molar-refractivity contribution in [3.8, 4) is 0 Å². The molecule has 2 aromatic carbocycles. The number of thiophene rings is 1. The number of nitrogens with zero attached hydrogens (tertiary/aromatic N) is 2. The Kier molecular flexibility index (Phi) is 4.63. The van der Waals surface area contributed by atoms with Gasteiger partial charge in [-0.2, -0.15) is 0 Å². The van der Waals surface area contributed by atoms with Gasteiger partial charge in [0.05, 0.1) is 16.9 Å². The highest BCUT2D eigenvalue weighted by molar-refractivity contribution is 7.25. The lowest BCUT2D eigenvalue weighted by Gasteiger charge is -2.08. The summed E-state index contributed by atoms with van der Waals surface area (Å²) in [5, 5.41) is 3.62. The van der Waals surface area contributed by atoms with Crippen LogP contribution in [-0.2, 0) is 17.9 Å². The molecule has 5 nitrogen and oxygen atoms in total. The fourth-order valence-corrected chi connectivity index (χ4v) is 4.10. The Bertz CT molecular complexity index is 1230. The minimum atomic E-state index is -0.513. The van der Waals surface area contributed by atoms with Gasteiger partial charge >= 0.3 is 0 Å². The number of carbonyl (C=O) groups excluding carboxylic acids is 1. The third-order valence-corrected chi connectivity index (χ3v) is 5.58. The highest BCUT2D eigenvalue weighted by atomic mass is 35.5. The number of benzene rings is 2. The predicted molar refractivity (Wildman–Crippen MR) is 105 cm³/mol. The lowest BCUT2D eigenvalue weighted by Crippen LogP contribution is -2.31. The maximum atomic E-state index is 13.2. The average molecular weight is 402 g/mol. The van der Waals surface area contributed by atoms with Gasteiger partial charge in [0.2, 0.25) is 5.91 Å². The van der Waals surface area contributed by atoms with E-state index in [1.54, 1.807) is 6.07 Å². The second-order valence-corrected chi connectivity index (χ2v) is 7.44. The number of hydrogen-bond acceptors (Lipinski definition) is 4. The molecule has 8 heteroatoms. The number of carbonyl (C=O) groups is 1. The van der Waals surface area contributed by atoms with Crippen LogP contribution in [0.15, 0.2) is 53.6 Å². The first-order valence-electron chi connectivity index (χ1n) is 8.10. The zero-order valence-electron chi connectivity index (χ0n) is 13.9. The topological polar surface area (TPSA) is 64.0 Å². The number of nitrogens with one attached hydrogen (secondary N) is 1. The predicted octanol–water partition coefficient (Wildman–Crippen LogP) is 3.72. The van der Waals surface area contributed by atoms with E-state index in [2.05, 4.69) is 10.3 Å². The molecule has 0 saturated heterocycles. The molecule has 0 fully saturated rings. The monoisotopic (exact) mass is 401 g/mol. The van der Waals surface area contributed by atoms with Crippen molar-refractivity contribution in [2.75, 3.05) is 0 Å². The summed E-state index contributed by atoms with van der Waals surface area (Å²) in [6.45, 7) is 0.0388. The molecule has 0 bridgehead atoms. The summed E-state index contributed by atoms with van der Waals surface area (Å²) >= 11 is 7.09. The van der Waals surface area contributed by atoms with Crippen molar-refractivity contribution < 1.29 is 9.18 Å². The van der Waals surface area contributed by atoms with E-state index in [-0.39, 0.29) is 29.6 Å². The fourth-order valence-electron chi connectivity index (χ4n) is 2.79. The Morgan fingerprint density at radius 1 is 1.26 bits per heavy atom. The Morgan fingerprint density at radius 2 is 2.07 bits per heavy atom. The van der Waals surface area contributed by atoms with E-state index >= 15 is 0 Å². The molecule has 0 atom stereocenters. The largest absolute Gasteiger partial charge is 0.350 e. The van der Waals surface area contributed by atoms with E-state index < -0.39 is 5.82 Å². The molecule has 0 radical (unpaired) electrons. The molecule has 0 saturated carbocycles. The summed E-state index contributed by atoms with van der Waals surface area (Å²) in [5.74, 6) is -0.860. The highest BCUT2D eigenvalue weighted by Gasteiger charge is 2.13. The standard InChI is InChI=1S/C19H13ClFN3O2S/c20-13-7-11(5-6-14(13)21)8-22-16(25)9-24-10-23-17-12-3-1-2-4-15(12)27-18(17)19(24)26/h1-7,10H,8-9H2,(H,22,25). The molecule has 0 aliphatic rings. The van der Waals surface area contributed by atoms with Gasteiger partial charge in [-0.05, 0) is 23.8 Å². The van der Waals surface area contributed by atoms with Gasteiger partial charge in [-0.15, -0.1) is 11.3 Å². The Morgan fingerprint density at radius 3 is 2.89 bits per heavy atom. The zero-order valence-corrected chi connectivity index (χ0v) is 15.5. The molecule has 0 aliphatic carbocycles. The summed E-state index contributed by atoms with van der Waals surface area (Å²) in [4.78, 5) is 29.2. The van der Waals surface area contributed by atoms with Crippen LogP contribution in [0.4, 0.5) is 4.39 Å². The first-order valence-corrected chi connectivity index (χ1v) is 9.29.